The fraction of sp³-hybridized carbons (Fsp3) is 0.364. The first kappa shape index (κ1) is 9.66. The Hall–Kier alpha value is -1.89. The monoisotopic (exact) mass is 201 g/mol. The summed E-state index contributed by atoms with van der Waals surface area (Å²) in [5.74, 6) is 0.122. The van der Waals surface area contributed by atoms with Gasteiger partial charge >= 0.3 is 0 Å². The van der Waals surface area contributed by atoms with E-state index in [-0.39, 0.29) is 11.9 Å². The van der Waals surface area contributed by atoms with E-state index in [0.717, 1.165) is 12.8 Å². The molecule has 1 aromatic heterocycles. The maximum Gasteiger partial charge on any atom is 0.253 e. The van der Waals surface area contributed by atoms with Gasteiger partial charge in [0.25, 0.3) is 5.91 Å². The molecule has 0 saturated heterocycles. The lowest BCUT2D eigenvalue weighted by Gasteiger charge is -2.09. The van der Waals surface area contributed by atoms with Crippen molar-refractivity contribution in [2.24, 2.45) is 5.92 Å². The largest absolute Gasteiger partial charge is 0.336 e. The Bertz CT molecular complexity index is 392. The highest BCUT2D eigenvalue weighted by molar-refractivity contribution is 5.94. The van der Waals surface area contributed by atoms with Gasteiger partial charge < -0.3 is 5.32 Å². The predicted molar refractivity (Wildman–Crippen MR) is 53.8 cm³/mol. The SMILES string of the molecule is N#CC(NC(=O)c1cccnc1)C1CC1. The third-order valence-electron chi connectivity index (χ3n) is 2.44. The van der Waals surface area contributed by atoms with Crippen LogP contribution in [0, 0.1) is 17.2 Å². The summed E-state index contributed by atoms with van der Waals surface area (Å²) in [6, 6.07) is 5.15. The van der Waals surface area contributed by atoms with Crippen LogP contribution in [0.4, 0.5) is 0 Å². The van der Waals surface area contributed by atoms with Crippen LogP contribution in [0.3, 0.4) is 0 Å². The Morgan fingerprint density at radius 3 is 3.00 bits per heavy atom. The van der Waals surface area contributed by atoms with Gasteiger partial charge in [-0.3, -0.25) is 9.78 Å². The van der Waals surface area contributed by atoms with E-state index in [2.05, 4.69) is 16.4 Å². The van der Waals surface area contributed by atoms with Crippen LogP contribution in [-0.4, -0.2) is 16.9 Å². The maximum atomic E-state index is 11.6. The van der Waals surface area contributed by atoms with E-state index >= 15 is 0 Å². The number of amides is 1. The zero-order valence-corrected chi connectivity index (χ0v) is 8.18. The van der Waals surface area contributed by atoms with E-state index in [1.807, 2.05) is 0 Å². The highest BCUT2D eigenvalue weighted by Crippen LogP contribution is 2.32. The van der Waals surface area contributed by atoms with Crippen molar-refractivity contribution in [1.29, 1.82) is 5.26 Å². The van der Waals surface area contributed by atoms with E-state index in [0.29, 0.717) is 11.5 Å². The highest BCUT2D eigenvalue weighted by atomic mass is 16.1. The molecule has 0 radical (unpaired) electrons. The molecule has 1 aliphatic rings. The molecule has 0 spiro atoms. The van der Waals surface area contributed by atoms with Crippen LogP contribution in [0.1, 0.15) is 23.2 Å². The summed E-state index contributed by atoms with van der Waals surface area (Å²) in [5.41, 5.74) is 0.499. The molecule has 1 unspecified atom stereocenters. The molecule has 1 atom stereocenters. The summed E-state index contributed by atoms with van der Waals surface area (Å²) in [6.45, 7) is 0. The van der Waals surface area contributed by atoms with Crippen molar-refractivity contribution in [2.45, 2.75) is 18.9 Å². The number of nitrogens with one attached hydrogen (secondary N) is 1. The average molecular weight is 201 g/mol. The zero-order chi connectivity index (χ0) is 10.7. The van der Waals surface area contributed by atoms with Gasteiger partial charge in [-0.25, -0.2) is 0 Å². The summed E-state index contributed by atoms with van der Waals surface area (Å²) in [5, 5.41) is 11.6. The first-order valence-electron chi connectivity index (χ1n) is 4.92. The molecule has 1 saturated carbocycles. The van der Waals surface area contributed by atoms with E-state index in [9.17, 15) is 4.79 Å². The number of hydrogen-bond acceptors (Lipinski definition) is 3. The number of hydrogen-bond donors (Lipinski definition) is 1. The lowest BCUT2D eigenvalue weighted by molar-refractivity contribution is 0.0941. The normalized spacial score (nSPS) is 16.5. The fourth-order valence-corrected chi connectivity index (χ4v) is 1.41. The van der Waals surface area contributed by atoms with Crippen LogP contribution in [-0.2, 0) is 0 Å². The Labute approximate surface area is 87.9 Å². The number of carbonyl (C=O) groups is 1. The molecular weight excluding hydrogens is 190 g/mol. The highest BCUT2D eigenvalue weighted by Gasteiger charge is 2.32. The lowest BCUT2D eigenvalue weighted by atomic mass is 10.2. The quantitative estimate of drug-likeness (QED) is 0.796. The molecule has 1 aliphatic carbocycles. The standard InChI is InChI=1S/C11H11N3O/c12-6-10(8-3-4-8)14-11(15)9-2-1-5-13-7-9/h1-2,5,7-8,10H,3-4H2,(H,14,15). The fourth-order valence-electron chi connectivity index (χ4n) is 1.41. The molecular formula is C11H11N3O. The molecule has 1 amide bonds. The number of nitrogens with zero attached hydrogens (tertiary/aromatic N) is 2. The number of nitriles is 1. The van der Waals surface area contributed by atoms with Crippen LogP contribution < -0.4 is 5.32 Å². The van der Waals surface area contributed by atoms with Crippen molar-refractivity contribution in [1.82, 2.24) is 10.3 Å². The van der Waals surface area contributed by atoms with E-state index in [4.69, 9.17) is 5.26 Å². The van der Waals surface area contributed by atoms with Gasteiger partial charge in [-0.1, -0.05) is 0 Å². The first-order valence-corrected chi connectivity index (χ1v) is 4.92. The first-order chi connectivity index (χ1) is 7.31. The van der Waals surface area contributed by atoms with Gasteiger partial charge in [-0.05, 0) is 30.9 Å². The molecule has 0 aliphatic heterocycles. The summed E-state index contributed by atoms with van der Waals surface area (Å²) >= 11 is 0. The minimum absolute atomic E-state index is 0.221. The van der Waals surface area contributed by atoms with Crippen LogP contribution >= 0.6 is 0 Å². The van der Waals surface area contributed by atoms with Crippen LogP contribution in [0.2, 0.25) is 0 Å². The third kappa shape index (κ3) is 2.32. The Morgan fingerprint density at radius 1 is 1.67 bits per heavy atom. The number of aromatic nitrogens is 1. The van der Waals surface area contributed by atoms with Crippen molar-refractivity contribution in [3.63, 3.8) is 0 Å². The Morgan fingerprint density at radius 2 is 2.47 bits per heavy atom. The molecule has 76 valence electrons. The molecule has 0 bridgehead atoms. The molecule has 4 nitrogen and oxygen atoms in total. The molecule has 1 fully saturated rings. The second-order valence-corrected chi connectivity index (χ2v) is 3.66. The van der Waals surface area contributed by atoms with Gasteiger partial charge in [0.2, 0.25) is 0 Å². The molecule has 2 rings (SSSR count). The zero-order valence-electron chi connectivity index (χ0n) is 8.18. The summed E-state index contributed by atoms with van der Waals surface area (Å²) < 4.78 is 0. The van der Waals surface area contributed by atoms with Crippen LogP contribution in [0.5, 0.6) is 0 Å². The number of pyridine rings is 1. The van der Waals surface area contributed by atoms with Crippen LogP contribution in [0.15, 0.2) is 24.5 Å². The van der Waals surface area contributed by atoms with Crippen LogP contribution in [0.25, 0.3) is 0 Å². The minimum atomic E-state index is -0.349. The van der Waals surface area contributed by atoms with Gasteiger partial charge in [-0.15, -0.1) is 0 Å². The average Bonchev–Trinajstić information content (AvgIpc) is 3.10. The second-order valence-electron chi connectivity index (χ2n) is 3.66. The summed E-state index contributed by atoms with van der Waals surface area (Å²) in [4.78, 5) is 15.5. The predicted octanol–water partition coefficient (Wildman–Crippen LogP) is 1.11. The maximum absolute atomic E-state index is 11.6. The molecule has 1 aromatic rings. The van der Waals surface area contributed by atoms with Crippen molar-refractivity contribution < 1.29 is 4.79 Å². The van der Waals surface area contributed by atoms with Crippen molar-refractivity contribution in [2.75, 3.05) is 0 Å². The lowest BCUT2D eigenvalue weighted by Crippen LogP contribution is -2.35. The van der Waals surface area contributed by atoms with Crippen molar-refractivity contribution >= 4 is 5.91 Å². The smallest absolute Gasteiger partial charge is 0.253 e. The molecule has 0 aromatic carbocycles. The van der Waals surface area contributed by atoms with Crippen molar-refractivity contribution in [3.8, 4) is 6.07 Å². The second kappa shape index (κ2) is 4.09. The summed E-state index contributed by atoms with van der Waals surface area (Å²) in [7, 11) is 0. The Balaban J connectivity index is 2.00. The Kier molecular flexibility index (Phi) is 2.64. The molecule has 4 heteroatoms. The van der Waals surface area contributed by atoms with Gasteiger partial charge in [-0.2, -0.15) is 5.26 Å². The van der Waals surface area contributed by atoms with E-state index < -0.39 is 0 Å². The minimum Gasteiger partial charge on any atom is -0.336 e. The third-order valence-corrected chi connectivity index (χ3v) is 2.44. The van der Waals surface area contributed by atoms with E-state index in [1.165, 1.54) is 6.20 Å². The van der Waals surface area contributed by atoms with Crippen molar-refractivity contribution in [3.05, 3.63) is 30.1 Å². The number of carbonyl (C=O) groups excluding carboxylic acids is 1. The van der Waals surface area contributed by atoms with Gasteiger partial charge in [0.15, 0.2) is 0 Å². The molecule has 1 N–H and O–H groups in total. The van der Waals surface area contributed by atoms with Gasteiger partial charge in [0.05, 0.1) is 11.6 Å². The van der Waals surface area contributed by atoms with Gasteiger partial charge in [0, 0.05) is 12.4 Å². The topological polar surface area (TPSA) is 65.8 Å². The number of rotatable bonds is 3. The summed E-state index contributed by atoms with van der Waals surface area (Å²) in [6.07, 6.45) is 5.17. The molecule has 1 heterocycles. The van der Waals surface area contributed by atoms with E-state index in [1.54, 1.807) is 18.3 Å². The molecule has 15 heavy (non-hydrogen) atoms. The van der Waals surface area contributed by atoms with Gasteiger partial charge in [0.1, 0.15) is 6.04 Å².